The molecule has 0 saturated carbocycles. The van der Waals surface area contributed by atoms with Gasteiger partial charge in [-0.2, -0.15) is 0 Å². The maximum atomic E-state index is 12.9. The van der Waals surface area contributed by atoms with Crippen molar-refractivity contribution < 1.29 is 19.0 Å². The van der Waals surface area contributed by atoms with Gasteiger partial charge >= 0.3 is 0 Å². The second-order valence-electron chi connectivity index (χ2n) is 7.61. The molecule has 5 nitrogen and oxygen atoms in total. The molecular formula is C24H23Cl2NO4S2. The van der Waals surface area contributed by atoms with Gasteiger partial charge in [-0.3, -0.25) is 9.69 Å². The second-order valence-corrected chi connectivity index (χ2v) is 10.1. The summed E-state index contributed by atoms with van der Waals surface area (Å²) in [4.78, 5) is 15.1. The Bertz CT molecular complexity index is 1070. The molecule has 4 rings (SSSR count). The van der Waals surface area contributed by atoms with Crippen molar-refractivity contribution in [2.24, 2.45) is 0 Å². The van der Waals surface area contributed by atoms with Crippen LogP contribution < -0.4 is 9.47 Å². The number of thioether (sulfide) groups is 1. The Morgan fingerprint density at radius 1 is 1.24 bits per heavy atom. The van der Waals surface area contributed by atoms with E-state index < -0.39 is 0 Å². The lowest BCUT2D eigenvalue weighted by molar-refractivity contribution is -0.123. The highest BCUT2D eigenvalue weighted by Gasteiger charge is 2.34. The number of amides is 1. The summed E-state index contributed by atoms with van der Waals surface area (Å²) < 4.78 is 18.0. The first-order chi connectivity index (χ1) is 15.9. The number of rotatable bonds is 8. The monoisotopic (exact) mass is 523 g/mol. The fourth-order valence-corrected chi connectivity index (χ4v) is 5.29. The van der Waals surface area contributed by atoms with E-state index >= 15 is 0 Å². The zero-order valence-corrected chi connectivity index (χ0v) is 21.2. The van der Waals surface area contributed by atoms with Gasteiger partial charge in [-0.25, -0.2) is 0 Å². The van der Waals surface area contributed by atoms with Crippen molar-refractivity contribution in [3.8, 4) is 11.5 Å². The summed E-state index contributed by atoms with van der Waals surface area (Å²) in [5.41, 5.74) is 1.69. The topological polar surface area (TPSA) is 48.0 Å². The molecular weight excluding hydrogens is 501 g/mol. The minimum atomic E-state index is -0.113. The van der Waals surface area contributed by atoms with Crippen LogP contribution in [0.25, 0.3) is 6.08 Å². The molecule has 0 aliphatic carbocycles. The SMILES string of the molecule is CCOc1cc(/C=C2\SC(=S)N(C[C@@H]3CCCO3)C2=O)cc(Cl)c1OCc1ccc(Cl)cc1. The smallest absolute Gasteiger partial charge is 0.266 e. The van der Waals surface area contributed by atoms with E-state index in [0.717, 1.165) is 30.6 Å². The summed E-state index contributed by atoms with van der Waals surface area (Å²) in [7, 11) is 0. The molecule has 0 aromatic heterocycles. The van der Waals surface area contributed by atoms with Crippen LogP contribution >= 0.6 is 47.2 Å². The molecule has 2 fully saturated rings. The number of ether oxygens (including phenoxy) is 3. The maximum absolute atomic E-state index is 12.9. The van der Waals surface area contributed by atoms with Crippen molar-refractivity contribution in [2.45, 2.75) is 32.5 Å². The predicted octanol–water partition coefficient (Wildman–Crippen LogP) is 6.35. The standard InChI is InChI=1S/C24H23Cl2NO4S2/c1-2-29-20-11-16(10-19(26)22(20)31-14-15-5-7-17(25)8-6-15)12-21-23(28)27(24(32)33-21)13-18-4-3-9-30-18/h5-8,10-12,18H,2-4,9,13-14H2,1H3/b21-12-/t18-/m0/s1. The van der Waals surface area contributed by atoms with Gasteiger partial charge in [-0.1, -0.05) is 59.3 Å². The zero-order chi connectivity index (χ0) is 23.4. The molecule has 2 aliphatic heterocycles. The molecule has 174 valence electrons. The van der Waals surface area contributed by atoms with Crippen LogP contribution in [-0.2, 0) is 16.1 Å². The van der Waals surface area contributed by atoms with E-state index in [1.807, 2.05) is 37.3 Å². The average Bonchev–Trinajstić information content (AvgIpc) is 3.39. The highest BCUT2D eigenvalue weighted by molar-refractivity contribution is 8.26. The number of carbonyl (C=O) groups excluding carboxylic acids is 1. The van der Waals surface area contributed by atoms with Crippen LogP contribution in [0.5, 0.6) is 11.5 Å². The summed E-state index contributed by atoms with van der Waals surface area (Å²) in [6.07, 6.45) is 3.79. The lowest BCUT2D eigenvalue weighted by Gasteiger charge is -2.18. The third kappa shape index (κ3) is 6.03. The van der Waals surface area contributed by atoms with E-state index in [9.17, 15) is 4.79 Å². The number of carbonyl (C=O) groups is 1. The maximum Gasteiger partial charge on any atom is 0.266 e. The van der Waals surface area contributed by atoms with Crippen LogP contribution in [-0.4, -0.2) is 41.0 Å². The Morgan fingerprint density at radius 3 is 2.73 bits per heavy atom. The largest absolute Gasteiger partial charge is 0.490 e. The van der Waals surface area contributed by atoms with Gasteiger partial charge in [0.25, 0.3) is 5.91 Å². The highest BCUT2D eigenvalue weighted by atomic mass is 35.5. The van der Waals surface area contributed by atoms with Crippen molar-refractivity contribution in [1.29, 1.82) is 0 Å². The minimum absolute atomic E-state index is 0.0444. The molecule has 0 spiro atoms. The van der Waals surface area contributed by atoms with Gasteiger partial charge < -0.3 is 14.2 Å². The second kappa shape index (κ2) is 11.1. The molecule has 2 saturated heterocycles. The molecule has 2 aliphatic rings. The van der Waals surface area contributed by atoms with E-state index in [1.54, 1.807) is 17.0 Å². The van der Waals surface area contributed by atoms with Crippen molar-refractivity contribution in [2.75, 3.05) is 19.8 Å². The zero-order valence-electron chi connectivity index (χ0n) is 18.0. The number of hydrogen-bond donors (Lipinski definition) is 0. The molecule has 0 N–H and O–H groups in total. The van der Waals surface area contributed by atoms with Crippen LogP contribution in [0.4, 0.5) is 0 Å². The van der Waals surface area contributed by atoms with Crippen molar-refractivity contribution in [1.82, 2.24) is 4.90 Å². The lowest BCUT2D eigenvalue weighted by Crippen LogP contribution is -2.35. The summed E-state index contributed by atoms with van der Waals surface area (Å²) in [5, 5.41) is 1.06. The summed E-state index contributed by atoms with van der Waals surface area (Å²) >= 11 is 19.2. The number of nitrogens with zero attached hydrogens (tertiary/aromatic N) is 1. The third-order valence-electron chi connectivity index (χ3n) is 5.21. The fourth-order valence-electron chi connectivity index (χ4n) is 3.61. The van der Waals surface area contributed by atoms with Gasteiger partial charge in [0.1, 0.15) is 10.9 Å². The molecule has 0 radical (unpaired) electrons. The summed E-state index contributed by atoms with van der Waals surface area (Å²) in [6, 6.07) is 11.0. The van der Waals surface area contributed by atoms with Gasteiger partial charge in [0.05, 0.1) is 29.2 Å². The number of thiocarbonyl (C=S) groups is 1. The first-order valence-corrected chi connectivity index (χ1v) is 12.6. The average molecular weight is 524 g/mol. The lowest BCUT2D eigenvalue weighted by atomic mass is 10.1. The van der Waals surface area contributed by atoms with Crippen LogP contribution in [0, 0.1) is 0 Å². The van der Waals surface area contributed by atoms with Gasteiger partial charge in [-0.15, -0.1) is 0 Å². The summed E-state index contributed by atoms with van der Waals surface area (Å²) in [5.74, 6) is 0.856. The minimum Gasteiger partial charge on any atom is -0.490 e. The van der Waals surface area contributed by atoms with E-state index in [2.05, 4.69) is 0 Å². The molecule has 2 heterocycles. The Hall–Kier alpha value is -1.77. The molecule has 1 amide bonds. The molecule has 2 aromatic carbocycles. The molecule has 33 heavy (non-hydrogen) atoms. The molecule has 2 aromatic rings. The third-order valence-corrected chi connectivity index (χ3v) is 7.12. The van der Waals surface area contributed by atoms with Crippen LogP contribution in [0.1, 0.15) is 30.9 Å². The Labute approximate surface area is 213 Å². The van der Waals surface area contributed by atoms with E-state index in [1.165, 1.54) is 11.8 Å². The van der Waals surface area contributed by atoms with Crippen molar-refractivity contribution >= 4 is 63.5 Å². The predicted molar refractivity (Wildman–Crippen MR) is 137 cm³/mol. The van der Waals surface area contributed by atoms with E-state index in [0.29, 0.717) is 50.5 Å². The quantitative estimate of drug-likeness (QED) is 0.296. The first-order valence-electron chi connectivity index (χ1n) is 10.6. The highest BCUT2D eigenvalue weighted by Crippen LogP contribution is 2.40. The number of hydrogen-bond acceptors (Lipinski definition) is 6. The molecule has 1 atom stereocenters. The fraction of sp³-hybridized carbons (Fsp3) is 0.333. The van der Waals surface area contributed by atoms with Crippen LogP contribution in [0.15, 0.2) is 41.3 Å². The Morgan fingerprint density at radius 2 is 2.03 bits per heavy atom. The first kappa shape index (κ1) is 24.4. The van der Waals surface area contributed by atoms with Crippen molar-refractivity contribution in [3.05, 3.63) is 62.5 Å². The number of halogens is 2. The van der Waals surface area contributed by atoms with E-state index in [4.69, 9.17) is 49.6 Å². The van der Waals surface area contributed by atoms with Crippen molar-refractivity contribution in [3.63, 3.8) is 0 Å². The normalized spacial score (nSPS) is 19.5. The molecule has 9 heteroatoms. The molecule has 0 unspecified atom stereocenters. The van der Waals surface area contributed by atoms with Gasteiger partial charge in [-0.05, 0) is 61.2 Å². The van der Waals surface area contributed by atoms with Crippen LogP contribution in [0.2, 0.25) is 10.0 Å². The summed E-state index contributed by atoms with van der Waals surface area (Å²) in [6.45, 7) is 3.88. The molecule has 0 bridgehead atoms. The van der Waals surface area contributed by atoms with Crippen LogP contribution in [0.3, 0.4) is 0 Å². The van der Waals surface area contributed by atoms with Gasteiger partial charge in [0.15, 0.2) is 11.5 Å². The van der Waals surface area contributed by atoms with Gasteiger partial charge in [0.2, 0.25) is 0 Å². The Kier molecular flexibility index (Phi) is 8.20. The Balaban J connectivity index is 1.52. The van der Waals surface area contributed by atoms with Gasteiger partial charge in [0, 0.05) is 11.6 Å². The van der Waals surface area contributed by atoms with E-state index in [-0.39, 0.29) is 12.0 Å². The number of benzene rings is 2.